The Balaban J connectivity index is 1.34. The first-order valence-corrected chi connectivity index (χ1v) is 15.4. The lowest BCUT2D eigenvalue weighted by molar-refractivity contribution is 0.00721. The van der Waals surface area contributed by atoms with E-state index in [1.807, 2.05) is 73.8 Å². The summed E-state index contributed by atoms with van der Waals surface area (Å²) < 4.78 is 3.51. The van der Waals surface area contributed by atoms with Crippen molar-refractivity contribution < 1.29 is 20.4 Å². The number of hydrogen-bond acceptors (Lipinski definition) is 10. The molecule has 6 atom stereocenters. The fourth-order valence-corrected chi connectivity index (χ4v) is 6.09. The molecule has 0 bridgehead atoms. The van der Waals surface area contributed by atoms with Crippen molar-refractivity contribution in [2.75, 3.05) is 23.8 Å². The van der Waals surface area contributed by atoms with Gasteiger partial charge in [0, 0.05) is 6.20 Å². The third-order valence-corrected chi connectivity index (χ3v) is 8.57. The number of fused-ring (bicyclic) bond motifs is 1. The van der Waals surface area contributed by atoms with Crippen molar-refractivity contribution in [1.29, 1.82) is 0 Å². The van der Waals surface area contributed by atoms with E-state index in [1.165, 1.54) is 0 Å². The molecule has 12 nitrogen and oxygen atoms in total. The van der Waals surface area contributed by atoms with E-state index in [2.05, 4.69) is 20.7 Å². The summed E-state index contributed by atoms with van der Waals surface area (Å²) in [5.41, 5.74) is 4.08. The molecule has 0 unspecified atom stereocenters. The van der Waals surface area contributed by atoms with Gasteiger partial charge in [0.05, 0.1) is 49.9 Å². The number of nitrogens with one attached hydrogen (secondary N) is 2. The average molecular weight is 613 g/mol. The van der Waals surface area contributed by atoms with E-state index in [0.29, 0.717) is 36.2 Å². The maximum absolute atomic E-state index is 11.2. The van der Waals surface area contributed by atoms with Gasteiger partial charge in [0.25, 0.3) is 0 Å². The molecule has 6 N–H and O–H groups in total. The van der Waals surface area contributed by atoms with Gasteiger partial charge in [-0.2, -0.15) is 15.1 Å². The maximum Gasteiger partial charge on any atom is 0.227 e. The van der Waals surface area contributed by atoms with E-state index in [1.54, 1.807) is 21.8 Å². The molecule has 1 aliphatic carbocycles. The monoisotopic (exact) mass is 612 g/mol. The molecule has 1 fully saturated rings. The molecule has 1 aliphatic rings. The van der Waals surface area contributed by atoms with Gasteiger partial charge in [0.1, 0.15) is 12.2 Å². The maximum atomic E-state index is 11.2. The zero-order chi connectivity index (χ0) is 31.3. The highest BCUT2D eigenvalue weighted by molar-refractivity contribution is 5.84. The molecule has 45 heavy (non-hydrogen) atoms. The number of imidazole rings is 1. The minimum atomic E-state index is -1.09. The Morgan fingerprint density at radius 1 is 0.822 bits per heavy atom. The van der Waals surface area contributed by atoms with Crippen molar-refractivity contribution in [2.45, 2.75) is 69.0 Å². The summed E-state index contributed by atoms with van der Waals surface area (Å²) in [6.07, 6.45) is 5.50. The smallest absolute Gasteiger partial charge is 0.227 e. The molecule has 0 spiro atoms. The van der Waals surface area contributed by atoms with E-state index >= 15 is 0 Å². The van der Waals surface area contributed by atoms with Crippen LogP contribution in [0.3, 0.4) is 0 Å². The summed E-state index contributed by atoms with van der Waals surface area (Å²) >= 11 is 0. The average Bonchev–Trinajstić information content (AvgIpc) is 3.79. The van der Waals surface area contributed by atoms with E-state index < -0.39 is 24.3 Å². The summed E-state index contributed by atoms with van der Waals surface area (Å²) in [6, 6.07) is 18.0. The topological polar surface area (TPSA) is 166 Å². The number of anilines is 2. The number of hydrogen-bond donors (Lipinski definition) is 6. The first kappa shape index (κ1) is 30.7. The predicted molar refractivity (Wildman–Crippen MR) is 171 cm³/mol. The number of aromatic nitrogens is 6. The Morgan fingerprint density at radius 3 is 2.04 bits per heavy atom. The van der Waals surface area contributed by atoms with Gasteiger partial charge in [-0.1, -0.05) is 67.6 Å². The quantitative estimate of drug-likeness (QED) is 0.116. The normalized spacial score (nSPS) is 21.2. The van der Waals surface area contributed by atoms with Crippen LogP contribution >= 0.6 is 0 Å². The molecule has 236 valence electrons. The molecule has 3 heterocycles. The second-order valence-corrected chi connectivity index (χ2v) is 11.7. The minimum absolute atomic E-state index is 0.143. The Bertz CT molecular complexity index is 1680. The highest BCUT2D eigenvalue weighted by Gasteiger charge is 2.44. The molecule has 1 saturated carbocycles. The molecule has 2 aromatic carbocycles. The van der Waals surface area contributed by atoms with E-state index in [9.17, 15) is 20.4 Å². The highest BCUT2D eigenvalue weighted by Crippen LogP contribution is 2.40. The lowest BCUT2D eigenvalue weighted by Gasteiger charge is -2.21. The lowest BCUT2D eigenvalue weighted by Crippen LogP contribution is -2.31. The van der Waals surface area contributed by atoms with E-state index in [-0.39, 0.29) is 31.2 Å². The third kappa shape index (κ3) is 6.69. The van der Waals surface area contributed by atoms with Gasteiger partial charge < -0.3 is 35.6 Å². The predicted octanol–water partition coefficient (Wildman–Crippen LogP) is 2.52. The molecule has 0 saturated heterocycles. The molecule has 0 amide bonds. The summed E-state index contributed by atoms with van der Waals surface area (Å²) in [5.74, 6) is 0.680. The summed E-state index contributed by atoms with van der Waals surface area (Å²) in [4.78, 5) is 14.2. The van der Waals surface area contributed by atoms with Crippen molar-refractivity contribution in [1.82, 2.24) is 29.3 Å². The Morgan fingerprint density at radius 2 is 1.44 bits per heavy atom. The van der Waals surface area contributed by atoms with Crippen molar-refractivity contribution in [3.05, 3.63) is 96.1 Å². The van der Waals surface area contributed by atoms with Crippen LogP contribution in [0.2, 0.25) is 0 Å². The fourth-order valence-electron chi connectivity index (χ4n) is 6.09. The van der Waals surface area contributed by atoms with Gasteiger partial charge in [0.15, 0.2) is 17.0 Å². The zero-order valence-electron chi connectivity index (χ0n) is 25.2. The molecule has 12 heteroatoms. The van der Waals surface area contributed by atoms with Crippen LogP contribution in [0.25, 0.3) is 11.2 Å². The number of nitrogens with zero attached hydrogens (tertiary/aromatic N) is 6. The second kappa shape index (κ2) is 13.7. The summed E-state index contributed by atoms with van der Waals surface area (Å²) in [6.45, 7) is 1.75. The van der Waals surface area contributed by atoms with Crippen LogP contribution in [0.15, 0.2) is 79.4 Å². The molecule has 5 aromatic rings. The summed E-state index contributed by atoms with van der Waals surface area (Å²) in [7, 11) is 0. The molecule has 0 aliphatic heterocycles. The van der Waals surface area contributed by atoms with Crippen LogP contribution in [0.4, 0.5) is 11.8 Å². The van der Waals surface area contributed by atoms with Gasteiger partial charge in [-0.3, -0.25) is 4.68 Å². The van der Waals surface area contributed by atoms with Gasteiger partial charge >= 0.3 is 0 Å². The van der Waals surface area contributed by atoms with E-state index in [0.717, 1.165) is 23.1 Å². The third-order valence-electron chi connectivity index (χ3n) is 8.57. The standard InChI is InChI=1S/C33H40N8O4/c1-2-21-16-35-41(17-21)27-15-26(29(44)30(27)45)40-20-34-28-31(36-24(18-42)13-22-9-5-3-6-10-22)38-33(39-32(28)40)37-25(19-43)14-23-11-7-4-8-12-23/h3-12,16-17,20,24-27,29-30,42-45H,2,13-15,18-19H2,1H3,(H2,36,37,38,39)/t24-,25-,26+,27-,29-,30+/m0/s1. The Hall–Kier alpha value is -4.36. The minimum Gasteiger partial charge on any atom is -0.394 e. The van der Waals surface area contributed by atoms with Gasteiger partial charge in [0.2, 0.25) is 5.95 Å². The van der Waals surface area contributed by atoms with Gasteiger partial charge in [-0.15, -0.1) is 0 Å². The molecule has 6 rings (SSSR count). The van der Waals surface area contributed by atoms with Crippen molar-refractivity contribution in [3.8, 4) is 0 Å². The SMILES string of the molecule is CCc1cnn([C@H]2C[C@@H](n3cnc4c(N[C@H](CO)Cc5ccccc5)nc(N[C@H](CO)Cc5ccccc5)nc43)[C@H](O)[C@@H]2O)c1. The van der Waals surface area contributed by atoms with Crippen molar-refractivity contribution in [2.24, 2.45) is 0 Å². The zero-order valence-corrected chi connectivity index (χ0v) is 25.2. The first-order valence-electron chi connectivity index (χ1n) is 15.4. The van der Waals surface area contributed by atoms with Gasteiger partial charge in [-0.25, -0.2) is 4.98 Å². The van der Waals surface area contributed by atoms with E-state index in [4.69, 9.17) is 9.97 Å². The molecular weight excluding hydrogens is 572 g/mol. The number of aliphatic hydroxyl groups is 4. The number of benzene rings is 2. The first-order chi connectivity index (χ1) is 22.0. The van der Waals surface area contributed by atoms with Crippen LogP contribution in [-0.4, -0.2) is 87.2 Å². The highest BCUT2D eigenvalue weighted by atomic mass is 16.3. The van der Waals surface area contributed by atoms with Crippen LogP contribution in [0.1, 0.15) is 42.1 Å². The fraction of sp³-hybridized carbons (Fsp3) is 0.394. The molecule has 0 radical (unpaired) electrons. The van der Waals surface area contributed by atoms with Gasteiger partial charge in [-0.05, 0) is 42.4 Å². The Labute approximate surface area is 261 Å². The number of aryl methyl sites for hydroxylation is 1. The van der Waals surface area contributed by atoms with Crippen molar-refractivity contribution in [3.63, 3.8) is 0 Å². The second-order valence-electron chi connectivity index (χ2n) is 11.7. The summed E-state index contributed by atoms with van der Waals surface area (Å²) in [5, 5.41) is 53.9. The number of rotatable bonds is 13. The number of aliphatic hydroxyl groups excluding tert-OH is 4. The van der Waals surface area contributed by atoms with Crippen LogP contribution in [0, 0.1) is 0 Å². The molecular formula is C33H40N8O4. The lowest BCUT2D eigenvalue weighted by atomic mass is 10.1. The van der Waals surface area contributed by atoms with Crippen LogP contribution in [0.5, 0.6) is 0 Å². The van der Waals surface area contributed by atoms with Crippen molar-refractivity contribution >= 4 is 22.9 Å². The largest absolute Gasteiger partial charge is 0.394 e. The Kier molecular flexibility index (Phi) is 9.36. The van der Waals surface area contributed by atoms with Crippen LogP contribution < -0.4 is 10.6 Å². The molecule has 3 aromatic heterocycles. The van der Waals surface area contributed by atoms with Crippen LogP contribution in [-0.2, 0) is 19.3 Å².